The summed E-state index contributed by atoms with van der Waals surface area (Å²) < 4.78 is 4.94. The van der Waals surface area contributed by atoms with Crippen LogP contribution in [0.4, 0.5) is 0 Å². The minimum Gasteiger partial charge on any atom is -0.334 e. The zero-order valence-corrected chi connectivity index (χ0v) is 7.75. The molecule has 66 valence electrons. The van der Waals surface area contributed by atoms with Crippen LogP contribution in [0, 0.1) is 6.92 Å². The summed E-state index contributed by atoms with van der Waals surface area (Å²) in [6.07, 6.45) is 1.37. The maximum absolute atomic E-state index is 5.94. The summed E-state index contributed by atoms with van der Waals surface area (Å²) in [5.74, 6) is 0.500. The highest BCUT2D eigenvalue weighted by atomic mass is 35.5. The van der Waals surface area contributed by atoms with E-state index in [-0.39, 0.29) is 0 Å². The Kier molecular flexibility index (Phi) is 2.02. The molecule has 1 aromatic carbocycles. The quantitative estimate of drug-likeness (QED) is 0.701. The highest BCUT2D eigenvalue weighted by Crippen LogP contribution is 2.26. The van der Waals surface area contributed by atoms with Crippen molar-refractivity contribution in [2.75, 3.05) is 0 Å². The van der Waals surface area contributed by atoms with Gasteiger partial charge in [0.25, 0.3) is 5.89 Å². The minimum absolute atomic E-state index is 0.500. The fourth-order valence-electron chi connectivity index (χ4n) is 1.13. The minimum atomic E-state index is 0.500. The summed E-state index contributed by atoms with van der Waals surface area (Å²) in [6.45, 7) is 1.92. The molecule has 1 heterocycles. The fraction of sp³-hybridized carbons (Fsp3) is 0.111. The first-order valence-corrected chi connectivity index (χ1v) is 4.19. The second kappa shape index (κ2) is 3.18. The first-order chi connectivity index (χ1) is 6.29. The van der Waals surface area contributed by atoms with Crippen molar-refractivity contribution in [3.63, 3.8) is 0 Å². The maximum Gasteiger partial charge on any atom is 0.257 e. The van der Waals surface area contributed by atoms with Crippen molar-refractivity contribution < 1.29 is 4.52 Å². The molecule has 0 amide bonds. The van der Waals surface area contributed by atoms with Crippen molar-refractivity contribution in [2.24, 2.45) is 0 Å². The molecule has 0 radical (unpaired) electrons. The topological polar surface area (TPSA) is 38.9 Å². The largest absolute Gasteiger partial charge is 0.334 e. The Hall–Kier alpha value is -1.35. The lowest BCUT2D eigenvalue weighted by Crippen LogP contribution is -1.83. The molecule has 0 atom stereocenters. The molecule has 2 aromatic rings. The van der Waals surface area contributed by atoms with Gasteiger partial charge in [0.05, 0.1) is 0 Å². The fourth-order valence-corrected chi connectivity index (χ4v) is 1.31. The van der Waals surface area contributed by atoms with E-state index in [9.17, 15) is 0 Å². The zero-order valence-electron chi connectivity index (χ0n) is 6.99. The molecule has 3 nitrogen and oxygen atoms in total. The number of benzene rings is 1. The van der Waals surface area contributed by atoms with Gasteiger partial charge in [-0.2, -0.15) is 4.98 Å². The number of hydrogen-bond donors (Lipinski definition) is 0. The molecular weight excluding hydrogens is 188 g/mol. The Morgan fingerprint density at radius 1 is 1.38 bits per heavy atom. The summed E-state index contributed by atoms with van der Waals surface area (Å²) in [4.78, 5) is 3.95. The molecule has 0 saturated carbocycles. The Morgan fingerprint density at radius 2 is 2.23 bits per heavy atom. The normalized spacial score (nSPS) is 10.3. The van der Waals surface area contributed by atoms with Gasteiger partial charge >= 0.3 is 0 Å². The third-order valence-electron chi connectivity index (χ3n) is 1.86. The maximum atomic E-state index is 5.94. The van der Waals surface area contributed by atoms with Gasteiger partial charge in [0.2, 0.25) is 0 Å². The molecule has 0 saturated heterocycles. The molecule has 1 aromatic heterocycles. The lowest BCUT2D eigenvalue weighted by atomic mass is 10.1. The molecule has 0 aliphatic carbocycles. The van der Waals surface area contributed by atoms with E-state index in [0.717, 1.165) is 11.1 Å². The van der Waals surface area contributed by atoms with Gasteiger partial charge in [-0.1, -0.05) is 22.8 Å². The average molecular weight is 195 g/mol. The van der Waals surface area contributed by atoms with Gasteiger partial charge in [0.15, 0.2) is 6.33 Å². The predicted octanol–water partition coefficient (Wildman–Crippen LogP) is 2.70. The van der Waals surface area contributed by atoms with Crippen LogP contribution in [0.15, 0.2) is 29.0 Å². The Labute approximate surface area is 80.3 Å². The smallest absolute Gasteiger partial charge is 0.257 e. The second-order valence-corrected chi connectivity index (χ2v) is 3.07. The number of rotatable bonds is 1. The average Bonchev–Trinajstić information content (AvgIpc) is 2.62. The Bertz CT molecular complexity index is 412. The lowest BCUT2D eigenvalue weighted by Gasteiger charge is -2.01. The monoisotopic (exact) mass is 194 g/mol. The van der Waals surface area contributed by atoms with Gasteiger partial charge in [-0.05, 0) is 24.6 Å². The predicted molar refractivity (Wildman–Crippen MR) is 49.5 cm³/mol. The Morgan fingerprint density at radius 3 is 2.92 bits per heavy atom. The van der Waals surface area contributed by atoms with Gasteiger partial charge in [-0.3, -0.25) is 0 Å². The number of nitrogens with zero attached hydrogens (tertiary/aromatic N) is 2. The van der Waals surface area contributed by atoms with E-state index in [1.807, 2.05) is 25.1 Å². The van der Waals surface area contributed by atoms with Crippen LogP contribution in [-0.2, 0) is 0 Å². The highest BCUT2D eigenvalue weighted by molar-refractivity contribution is 6.31. The summed E-state index contributed by atoms with van der Waals surface area (Å²) in [5, 5.41) is 4.24. The lowest BCUT2D eigenvalue weighted by molar-refractivity contribution is 0.430. The van der Waals surface area contributed by atoms with E-state index in [2.05, 4.69) is 10.1 Å². The Balaban J connectivity index is 2.59. The second-order valence-electron chi connectivity index (χ2n) is 2.66. The molecule has 2 rings (SSSR count). The molecule has 0 fully saturated rings. The molecule has 0 spiro atoms. The number of aromatic nitrogens is 2. The van der Waals surface area contributed by atoms with Gasteiger partial charge in [0.1, 0.15) is 0 Å². The van der Waals surface area contributed by atoms with Crippen LogP contribution in [0.5, 0.6) is 0 Å². The molecule has 13 heavy (non-hydrogen) atoms. The van der Waals surface area contributed by atoms with E-state index >= 15 is 0 Å². The first kappa shape index (κ1) is 8.26. The van der Waals surface area contributed by atoms with Crippen LogP contribution < -0.4 is 0 Å². The molecule has 0 N–H and O–H groups in total. The van der Waals surface area contributed by atoms with E-state index in [4.69, 9.17) is 16.1 Å². The summed E-state index contributed by atoms with van der Waals surface area (Å²) in [7, 11) is 0. The van der Waals surface area contributed by atoms with Crippen LogP contribution in [0.3, 0.4) is 0 Å². The highest BCUT2D eigenvalue weighted by Gasteiger charge is 2.08. The van der Waals surface area contributed by atoms with E-state index in [1.165, 1.54) is 6.33 Å². The molecule has 0 aliphatic heterocycles. The standard InChI is InChI=1S/C9H7ClN2O/c1-6-7(3-2-4-8(6)10)9-11-5-12-13-9/h2-5H,1H3. The van der Waals surface area contributed by atoms with Gasteiger partial charge in [-0.25, -0.2) is 0 Å². The van der Waals surface area contributed by atoms with Gasteiger partial charge < -0.3 is 4.52 Å². The van der Waals surface area contributed by atoms with Crippen LogP contribution in [0.2, 0.25) is 5.02 Å². The first-order valence-electron chi connectivity index (χ1n) is 3.81. The van der Waals surface area contributed by atoms with Crippen molar-refractivity contribution in [2.45, 2.75) is 6.92 Å². The third-order valence-corrected chi connectivity index (χ3v) is 2.27. The zero-order chi connectivity index (χ0) is 9.26. The molecule has 0 unspecified atom stereocenters. The van der Waals surface area contributed by atoms with Crippen LogP contribution >= 0.6 is 11.6 Å². The molecule has 0 aliphatic rings. The van der Waals surface area contributed by atoms with Crippen LogP contribution in [0.25, 0.3) is 11.5 Å². The van der Waals surface area contributed by atoms with Crippen molar-refractivity contribution >= 4 is 11.6 Å². The molecular formula is C9H7ClN2O. The van der Waals surface area contributed by atoms with E-state index in [0.29, 0.717) is 10.9 Å². The van der Waals surface area contributed by atoms with Crippen molar-refractivity contribution in [1.29, 1.82) is 0 Å². The summed E-state index contributed by atoms with van der Waals surface area (Å²) in [5.41, 5.74) is 1.83. The summed E-state index contributed by atoms with van der Waals surface area (Å²) >= 11 is 5.94. The van der Waals surface area contributed by atoms with Crippen molar-refractivity contribution in [3.8, 4) is 11.5 Å². The van der Waals surface area contributed by atoms with Gasteiger partial charge in [0, 0.05) is 10.6 Å². The third kappa shape index (κ3) is 1.42. The molecule has 0 bridgehead atoms. The van der Waals surface area contributed by atoms with E-state index < -0.39 is 0 Å². The molecule has 4 heteroatoms. The van der Waals surface area contributed by atoms with Crippen LogP contribution in [-0.4, -0.2) is 10.1 Å². The van der Waals surface area contributed by atoms with E-state index in [1.54, 1.807) is 0 Å². The van der Waals surface area contributed by atoms with Gasteiger partial charge in [-0.15, -0.1) is 0 Å². The number of halogens is 1. The summed E-state index contributed by atoms with van der Waals surface area (Å²) in [6, 6.07) is 5.58. The van der Waals surface area contributed by atoms with Crippen molar-refractivity contribution in [3.05, 3.63) is 35.1 Å². The number of hydrogen-bond acceptors (Lipinski definition) is 3. The van der Waals surface area contributed by atoms with Crippen molar-refractivity contribution in [1.82, 2.24) is 10.1 Å². The SMILES string of the molecule is Cc1c(Cl)cccc1-c1ncno1. The van der Waals surface area contributed by atoms with Crippen LogP contribution in [0.1, 0.15) is 5.56 Å².